The molecule has 0 saturated carbocycles. The van der Waals surface area contributed by atoms with Crippen LogP contribution in [-0.4, -0.2) is 35.9 Å². The van der Waals surface area contributed by atoms with Gasteiger partial charge in [0.25, 0.3) is 0 Å². The van der Waals surface area contributed by atoms with E-state index in [9.17, 15) is 5.11 Å². The number of phenols is 1. The number of aliphatic imine (C=N–C) groups is 1. The molecule has 0 fully saturated rings. The smallest absolute Gasteiger partial charge is 0.119 e. The van der Waals surface area contributed by atoms with E-state index in [0.717, 1.165) is 37.4 Å². The molecule has 3 rings (SSSR count). The van der Waals surface area contributed by atoms with E-state index in [1.807, 2.05) is 38.2 Å². The molecule has 2 aromatic rings. The van der Waals surface area contributed by atoms with Crippen molar-refractivity contribution in [2.45, 2.75) is 32.7 Å². The Labute approximate surface area is 161 Å². The molecule has 0 aliphatic carbocycles. The summed E-state index contributed by atoms with van der Waals surface area (Å²) < 4.78 is 5.41. The highest BCUT2D eigenvalue weighted by Crippen LogP contribution is 2.34. The Hall–Kier alpha value is -2.59. The Morgan fingerprint density at radius 2 is 2.00 bits per heavy atom. The number of nitrogens with zero attached hydrogens (tertiary/aromatic N) is 2. The molecule has 0 saturated heterocycles. The van der Waals surface area contributed by atoms with Crippen LogP contribution in [-0.2, 0) is 12.8 Å². The van der Waals surface area contributed by atoms with Crippen molar-refractivity contribution in [1.29, 1.82) is 0 Å². The van der Waals surface area contributed by atoms with Crippen LogP contribution in [0.4, 0.5) is 0 Å². The molecule has 0 radical (unpaired) electrons. The number of fused-ring (bicyclic) bond motifs is 1. The zero-order valence-electron chi connectivity index (χ0n) is 16.4. The van der Waals surface area contributed by atoms with Gasteiger partial charge in [-0.05, 0) is 67.6 Å². The maximum atomic E-state index is 9.57. The van der Waals surface area contributed by atoms with Gasteiger partial charge in [-0.3, -0.25) is 9.89 Å². The fourth-order valence-corrected chi connectivity index (χ4v) is 3.56. The van der Waals surface area contributed by atoms with Crippen LogP contribution in [0.2, 0.25) is 0 Å². The summed E-state index contributed by atoms with van der Waals surface area (Å²) in [6.07, 6.45) is 5.95. The fraction of sp³-hybridized carbons (Fsp3) is 0.348. The maximum absolute atomic E-state index is 9.57. The number of ether oxygens (including phenoxy) is 1. The normalized spacial score (nSPS) is 16.9. The number of hydrogen-bond acceptors (Lipinski definition) is 4. The molecule has 0 aromatic heterocycles. The number of phenolic OH excluding ortho intramolecular Hbond substituents is 1. The highest BCUT2D eigenvalue weighted by atomic mass is 16.5. The zero-order valence-corrected chi connectivity index (χ0v) is 16.4. The SMILES string of the molecule is COc1ccc2c(c1)CCN(C/C=C\N=C(C)C)C2Cc1ccc(O)cc1. The van der Waals surface area contributed by atoms with Gasteiger partial charge in [-0.25, -0.2) is 0 Å². The second-order valence-electron chi connectivity index (χ2n) is 7.16. The first-order valence-electron chi connectivity index (χ1n) is 9.41. The molecule has 0 bridgehead atoms. The molecule has 1 heterocycles. The summed E-state index contributed by atoms with van der Waals surface area (Å²) in [6, 6.07) is 14.2. The molecule has 4 nitrogen and oxygen atoms in total. The van der Waals surface area contributed by atoms with Crippen LogP contribution >= 0.6 is 0 Å². The zero-order chi connectivity index (χ0) is 19.2. The highest BCUT2D eigenvalue weighted by molar-refractivity contribution is 5.79. The number of benzene rings is 2. The van der Waals surface area contributed by atoms with Gasteiger partial charge in [0.15, 0.2) is 0 Å². The fourth-order valence-electron chi connectivity index (χ4n) is 3.56. The van der Waals surface area contributed by atoms with Gasteiger partial charge in [0.05, 0.1) is 7.11 Å². The van der Waals surface area contributed by atoms with Crippen molar-refractivity contribution in [2.75, 3.05) is 20.2 Å². The van der Waals surface area contributed by atoms with Gasteiger partial charge < -0.3 is 9.84 Å². The molecule has 142 valence electrons. The second-order valence-corrected chi connectivity index (χ2v) is 7.16. The van der Waals surface area contributed by atoms with Crippen LogP contribution in [0.15, 0.2) is 59.7 Å². The molecule has 0 spiro atoms. The average molecular weight is 364 g/mol. The Morgan fingerprint density at radius 1 is 1.22 bits per heavy atom. The van der Waals surface area contributed by atoms with Crippen molar-refractivity contribution in [2.24, 2.45) is 4.99 Å². The van der Waals surface area contributed by atoms with Crippen LogP contribution in [0.25, 0.3) is 0 Å². The van der Waals surface area contributed by atoms with Crippen LogP contribution in [0.5, 0.6) is 11.5 Å². The number of hydrogen-bond donors (Lipinski definition) is 1. The summed E-state index contributed by atoms with van der Waals surface area (Å²) in [5, 5.41) is 9.57. The van der Waals surface area contributed by atoms with Crippen molar-refractivity contribution in [3.8, 4) is 11.5 Å². The number of rotatable bonds is 6. The monoisotopic (exact) mass is 364 g/mol. The minimum absolute atomic E-state index is 0.292. The third-order valence-corrected chi connectivity index (χ3v) is 4.96. The molecule has 1 atom stereocenters. The lowest BCUT2D eigenvalue weighted by Crippen LogP contribution is -2.36. The topological polar surface area (TPSA) is 45.1 Å². The predicted octanol–water partition coefficient (Wildman–Crippen LogP) is 4.54. The number of aromatic hydroxyl groups is 1. The van der Waals surface area contributed by atoms with Crippen molar-refractivity contribution < 1.29 is 9.84 Å². The minimum Gasteiger partial charge on any atom is -0.508 e. The van der Waals surface area contributed by atoms with Gasteiger partial charge in [-0.15, -0.1) is 0 Å². The van der Waals surface area contributed by atoms with E-state index in [1.165, 1.54) is 16.7 Å². The number of methoxy groups -OCH3 is 1. The quantitative estimate of drug-likeness (QED) is 0.766. The van der Waals surface area contributed by atoms with E-state index in [4.69, 9.17) is 4.74 Å². The maximum Gasteiger partial charge on any atom is 0.119 e. The molecule has 1 N–H and O–H groups in total. The van der Waals surface area contributed by atoms with E-state index >= 15 is 0 Å². The first-order chi connectivity index (χ1) is 13.1. The van der Waals surface area contributed by atoms with Crippen molar-refractivity contribution in [3.63, 3.8) is 0 Å². The van der Waals surface area contributed by atoms with Crippen LogP contribution < -0.4 is 4.74 Å². The van der Waals surface area contributed by atoms with Crippen LogP contribution in [0.3, 0.4) is 0 Å². The Morgan fingerprint density at radius 3 is 2.70 bits per heavy atom. The van der Waals surface area contributed by atoms with E-state index < -0.39 is 0 Å². The van der Waals surface area contributed by atoms with Crippen molar-refractivity contribution in [3.05, 3.63) is 71.4 Å². The summed E-state index contributed by atoms with van der Waals surface area (Å²) in [5.41, 5.74) is 5.00. The van der Waals surface area contributed by atoms with E-state index in [2.05, 4.69) is 28.1 Å². The first-order valence-corrected chi connectivity index (χ1v) is 9.41. The minimum atomic E-state index is 0.292. The van der Waals surface area contributed by atoms with Crippen molar-refractivity contribution in [1.82, 2.24) is 4.90 Å². The highest BCUT2D eigenvalue weighted by Gasteiger charge is 2.27. The lowest BCUT2D eigenvalue weighted by molar-refractivity contribution is 0.204. The summed E-state index contributed by atoms with van der Waals surface area (Å²) in [4.78, 5) is 6.86. The summed E-state index contributed by atoms with van der Waals surface area (Å²) >= 11 is 0. The van der Waals surface area contributed by atoms with Crippen LogP contribution in [0.1, 0.15) is 36.6 Å². The van der Waals surface area contributed by atoms with Gasteiger partial charge in [-0.2, -0.15) is 0 Å². The summed E-state index contributed by atoms with van der Waals surface area (Å²) in [5.74, 6) is 1.22. The Bertz CT molecular complexity index is 821. The largest absolute Gasteiger partial charge is 0.508 e. The van der Waals surface area contributed by atoms with Gasteiger partial charge in [0.1, 0.15) is 11.5 Å². The van der Waals surface area contributed by atoms with Gasteiger partial charge in [-0.1, -0.05) is 24.3 Å². The molecular weight excluding hydrogens is 336 g/mol. The Kier molecular flexibility index (Phi) is 6.30. The second kappa shape index (κ2) is 8.87. The lowest BCUT2D eigenvalue weighted by atomic mass is 9.88. The van der Waals surface area contributed by atoms with Crippen molar-refractivity contribution >= 4 is 5.71 Å². The van der Waals surface area contributed by atoms with Gasteiger partial charge in [0, 0.05) is 31.0 Å². The summed E-state index contributed by atoms with van der Waals surface area (Å²) in [6.45, 7) is 5.87. The lowest BCUT2D eigenvalue weighted by Gasteiger charge is -2.37. The molecular formula is C23H28N2O2. The van der Waals surface area contributed by atoms with Gasteiger partial charge >= 0.3 is 0 Å². The average Bonchev–Trinajstić information content (AvgIpc) is 2.67. The molecule has 1 aliphatic rings. The molecule has 0 amide bonds. The molecule has 27 heavy (non-hydrogen) atoms. The van der Waals surface area contributed by atoms with E-state index in [1.54, 1.807) is 19.2 Å². The third-order valence-electron chi connectivity index (χ3n) is 4.96. The third kappa shape index (κ3) is 4.98. The first kappa shape index (κ1) is 19.2. The van der Waals surface area contributed by atoms with Crippen LogP contribution in [0, 0.1) is 0 Å². The molecule has 4 heteroatoms. The van der Waals surface area contributed by atoms with E-state index in [0.29, 0.717) is 11.8 Å². The van der Waals surface area contributed by atoms with Gasteiger partial charge in [0.2, 0.25) is 0 Å². The predicted molar refractivity (Wildman–Crippen MR) is 111 cm³/mol. The standard InChI is InChI=1S/C23H28N2O2/c1-17(2)24-12-4-13-25-14-11-19-16-21(27-3)9-10-22(19)23(25)15-18-5-7-20(26)8-6-18/h4-10,12,16,23,26H,11,13-15H2,1-3H3/b12-4-. The van der Waals surface area contributed by atoms with E-state index in [-0.39, 0.29) is 0 Å². The molecule has 2 aromatic carbocycles. The molecule has 1 aliphatic heterocycles. The Balaban J connectivity index is 1.86. The molecule has 1 unspecified atom stereocenters. The summed E-state index contributed by atoms with van der Waals surface area (Å²) in [7, 11) is 1.71.